The van der Waals surface area contributed by atoms with Gasteiger partial charge in [0.1, 0.15) is 41.6 Å². The molecule has 1 N–H and O–H groups in total. The third-order valence-electron chi connectivity index (χ3n) is 9.19. The monoisotopic (exact) mass is 573 g/mol. The minimum Gasteiger partial charge on any atom is -0.508 e. The summed E-state index contributed by atoms with van der Waals surface area (Å²) in [5.74, 6) is -0.413. The molecule has 0 saturated carbocycles. The fourth-order valence-corrected chi connectivity index (χ4v) is 6.94. The topological polar surface area (TPSA) is 116 Å². The Hall–Kier alpha value is -4.30. The minimum atomic E-state index is -0.904. The lowest BCUT2D eigenvalue weighted by molar-refractivity contribution is 0.107. The fourth-order valence-electron chi connectivity index (χ4n) is 6.94. The molecule has 0 radical (unpaired) electrons. The van der Waals surface area contributed by atoms with Crippen LogP contribution in [0.25, 0.3) is 33.0 Å². The van der Waals surface area contributed by atoms with Crippen molar-refractivity contribution in [3.63, 3.8) is 0 Å². The molecule has 3 fully saturated rings. The third-order valence-corrected chi connectivity index (χ3v) is 9.19. The highest BCUT2D eigenvalue weighted by molar-refractivity contribution is 6.03. The molecular formula is C31H29F2N5O4. The Morgan fingerprint density at radius 2 is 2.10 bits per heavy atom. The number of alkyl halides is 1. The molecule has 3 aliphatic rings. The number of hydrogen-bond acceptors (Lipinski definition) is 9. The summed E-state index contributed by atoms with van der Waals surface area (Å²) in [5, 5.41) is 21.1. The Kier molecular flexibility index (Phi) is 6.10. The average Bonchev–Trinajstić information content (AvgIpc) is 3.48. The van der Waals surface area contributed by atoms with Gasteiger partial charge in [-0.1, -0.05) is 6.07 Å². The van der Waals surface area contributed by atoms with E-state index < -0.39 is 23.2 Å². The second-order valence-corrected chi connectivity index (χ2v) is 11.7. The Morgan fingerprint density at radius 3 is 2.83 bits per heavy atom. The lowest BCUT2D eigenvalue weighted by Gasteiger charge is -2.40. The zero-order chi connectivity index (χ0) is 29.3. The van der Waals surface area contributed by atoms with Crippen molar-refractivity contribution in [2.24, 2.45) is 0 Å². The van der Waals surface area contributed by atoms with Crippen molar-refractivity contribution < 1.29 is 23.0 Å². The van der Waals surface area contributed by atoms with Crippen molar-refractivity contribution in [3.8, 4) is 29.2 Å². The highest BCUT2D eigenvalue weighted by atomic mass is 19.1. The van der Waals surface area contributed by atoms with Gasteiger partial charge in [0.05, 0.1) is 16.6 Å². The van der Waals surface area contributed by atoms with E-state index in [0.717, 1.165) is 31.9 Å². The number of hydrogen-bond donors (Lipinski definition) is 1. The second kappa shape index (κ2) is 9.63. The molecule has 4 aromatic rings. The van der Waals surface area contributed by atoms with E-state index in [1.807, 2.05) is 17.9 Å². The fraction of sp³-hybridized carbons (Fsp3) is 0.419. The largest absolute Gasteiger partial charge is 0.508 e. The van der Waals surface area contributed by atoms with E-state index in [9.17, 15) is 23.9 Å². The van der Waals surface area contributed by atoms with Crippen LogP contribution in [0, 0.1) is 24.1 Å². The molecule has 0 bridgehead atoms. The van der Waals surface area contributed by atoms with E-state index in [1.165, 1.54) is 18.2 Å². The Morgan fingerprint density at radius 1 is 1.26 bits per heavy atom. The SMILES string of the molecule is Cc1c(-c2cc(O)cc3ccc(F)c(C#N)c23)oc(=O)c2c(N3CC[C@H]3C)nc(OC[C@@]34CCCN3C[C@H](F)C4)nc12. The lowest BCUT2D eigenvalue weighted by atomic mass is 9.95. The van der Waals surface area contributed by atoms with Crippen LogP contribution in [0.4, 0.5) is 14.6 Å². The first-order valence-corrected chi connectivity index (χ1v) is 14.2. The van der Waals surface area contributed by atoms with Gasteiger partial charge in [0.25, 0.3) is 0 Å². The summed E-state index contributed by atoms with van der Waals surface area (Å²) >= 11 is 0. The van der Waals surface area contributed by atoms with E-state index in [1.54, 1.807) is 6.92 Å². The molecule has 0 amide bonds. The van der Waals surface area contributed by atoms with Crippen LogP contribution in [-0.2, 0) is 0 Å². The number of rotatable bonds is 5. The second-order valence-electron chi connectivity index (χ2n) is 11.7. The van der Waals surface area contributed by atoms with E-state index in [-0.39, 0.29) is 52.1 Å². The van der Waals surface area contributed by atoms with Crippen LogP contribution in [0.1, 0.15) is 43.7 Å². The van der Waals surface area contributed by atoms with Crippen LogP contribution in [-0.4, -0.2) is 64.0 Å². The van der Waals surface area contributed by atoms with Gasteiger partial charge < -0.3 is 19.2 Å². The van der Waals surface area contributed by atoms with Crippen molar-refractivity contribution in [2.75, 3.05) is 31.1 Å². The summed E-state index contributed by atoms with van der Waals surface area (Å²) in [5.41, 5.74) is -0.406. The van der Waals surface area contributed by atoms with E-state index in [2.05, 4.69) is 14.9 Å². The summed E-state index contributed by atoms with van der Waals surface area (Å²) < 4.78 is 41.1. The minimum absolute atomic E-state index is 0.0550. The van der Waals surface area contributed by atoms with Crippen LogP contribution in [0.2, 0.25) is 0 Å². The maximum Gasteiger partial charge on any atom is 0.349 e. The van der Waals surface area contributed by atoms with Gasteiger partial charge in [-0.3, -0.25) is 4.90 Å². The highest BCUT2D eigenvalue weighted by Crippen LogP contribution is 2.42. The summed E-state index contributed by atoms with van der Waals surface area (Å²) in [4.78, 5) is 27.1. The number of ether oxygens (including phenoxy) is 1. The zero-order valence-corrected chi connectivity index (χ0v) is 23.3. The molecule has 42 heavy (non-hydrogen) atoms. The van der Waals surface area contributed by atoms with Crippen molar-refractivity contribution >= 4 is 27.5 Å². The molecule has 7 rings (SSSR count). The van der Waals surface area contributed by atoms with Crippen molar-refractivity contribution in [3.05, 3.63) is 51.6 Å². The van der Waals surface area contributed by atoms with Gasteiger partial charge in [-0.2, -0.15) is 15.2 Å². The van der Waals surface area contributed by atoms with Crippen LogP contribution < -0.4 is 15.3 Å². The number of nitriles is 1. The number of benzene rings is 2. The molecule has 3 aliphatic heterocycles. The van der Waals surface area contributed by atoms with E-state index in [0.29, 0.717) is 41.8 Å². The maximum absolute atomic E-state index is 14.7. The van der Waals surface area contributed by atoms with Crippen LogP contribution in [0.5, 0.6) is 11.8 Å². The number of fused-ring (bicyclic) bond motifs is 3. The molecule has 0 aliphatic carbocycles. The number of phenolic OH excluding ortho intramolecular Hbond substituents is 1. The Balaban J connectivity index is 1.42. The molecule has 3 saturated heterocycles. The molecule has 0 spiro atoms. The average molecular weight is 574 g/mol. The summed E-state index contributed by atoms with van der Waals surface area (Å²) in [6.45, 7) is 5.88. The van der Waals surface area contributed by atoms with Gasteiger partial charge in [-0.15, -0.1) is 0 Å². The van der Waals surface area contributed by atoms with Crippen LogP contribution in [0.3, 0.4) is 0 Å². The van der Waals surface area contributed by atoms with Crippen molar-refractivity contribution in [1.29, 1.82) is 5.26 Å². The molecule has 2 aromatic heterocycles. The smallest absolute Gasteiger partial charge is 0.349 e. The van der Waals surface area contributed by atoms with Crippen LogP contribution >= 0.6 is 0 Å². The predicted octanol–water partition coefficient (Wildman–Crippen LogP) is 4.98. The maximum atomic E-state index is 14.7. The summed E-state index contributed by atoms with van der Waals surface area (Å²) in [6, 6.07) is 7.48. The first kappa shape index (κ1) is 26.6. The molecular weight excluding hydrogens is 544 g/mol. The number of aromatic nitrogens is 2. The molecule has 3 atom stereocenters. The third kappa shape index (κ3) is 4.00. The quantitative estimate of drug-likeness (QED) is 0.353. The first-order chi connectivity index (χ1) is 20.2. The van der Waals surface area contributed by atoms with Gasteiger partial charge in [-0.05, 0) is 63.2 Å². The Labute approximate surface area is 240 Å². The molecule has 2 aromatic carbocycles. The number of phenols is 1. The van der Waals surface area contributed by atoms with Gasteiger partial charge in [0.2, 0.25) is 0 Å². The normalized spacial score (nSPS) is 23.7. The van der Waals surface area contributed by atoms with Gasteiger partial charge >= 0.3 is 11.6 Å². The highest BCUT2D eigenvalue weighted by Gasteiger charge is 2.49. The predicted molar refractivity (Wildman–Crippen MR) is 152 cm³/mol. The Bertz CT molecular complexity index is 1870. The number of anilines is 1. The van der Waals surface area contributed by atoms with E-state index in [4.69, 9.17) is 9.15 Å². The van der Waals surface area contributed by atoms with E-state index >= 15 is 0 Å². The first-order valence-electron chi connectivity index (χ1n) is 14.2. The van der Waals surface area contributed by atoms with Gasteiger partial charge in [0.15, 0.2) is 5.82 Å². The number of nitrogens with zero attached hydrogens (tertiary/aromatic N) is 5. The van der Waals surface area contributed by atoms with Crippen molar-refractivity contribution in [1.82, 2.24) is 14.9 Å². The van der Waals surface area contributed by atoms with Gasteiger partial charge in [0, 0.05) is 42.1 Å². The molecule has 9 nitrogen and oxygen atoms in total. The number of aromatic hydroxyl groups is 1. The molecule has 5 heterocycles. The number of halogens is 2. The molecule has 216 valence electrons. The summed E-state index contributed by atoms with van der Waals surface area (Å²) in [7, 11) is 0. The van der Waals surface area contributed by atoms with Crippen LogP contribution in [0.15, 0.2) is 33.5 Å². The van der Waals surface area contributed by atoms with Gasteiger partial charge in [-0.25, -0.2) is 13.6 Å². The number of aryl methyl sites for hydroxylation is 1. The standard InChI is InChI=1S/C31H29F2N5O4/c1-16-6-9-38(16)28-25-26(35-30(36-28)41-15-31-7-3-8-37(31)14-19(32)12-31)17(2)27(42-29(25)40)21-11-20(39)10-18-4-5-23(33)22(13-34)24(18)21/h4-5,10-11,16,19,39H,3,6-9,12,14-15H2,1-2H3/t16-,19-,31+/m1/s1. The van der Waals surface area contributed by atoms with Crippen molar-refractivity contribution in [2.45, 2.75) is 57.3 Å². The lowest BCUT2D eigenvalue weighted by Crippen LogP contribution is -2.47. The molecule has 0 unspecified atom stereocenters. The summed E-state index contributed by atoms with van der Waals surface area (Å²) in [6.07, 6.45) is 2.21. The molecule has 11 heteroatoms. The zero-order valence-electron chi connectivity index (χ0n) is 23.3.